The summed E-state index contributed by atoms with van der Waals surface area (Å²) >= 11 is 0. The topological polar surface area (TPSA) is 6.48 Å². The van der Waals surface area contributed by atoms with Crippen LogP contribution in [0.3, 0.4) is 0 Å². The molecule has 0 N–H and O–H groups in total. The molecule has 0 spiro atoms. The largest absolute Gasteiger partial charge is 0.237 e. The molecule has 0 aliphatic carbocycles. The molecule has 2 atom stereocenters. The maximum atomic E-state index is 2.65. The lowest BCUT2D eigenvalue weighted by Crippen LogP contribution is -2.73. The first kappa shape index (κ1) is 7.34. The molecule has 0 aromatic heterocycles. The second-order valence-electron chi connectivity index (χ2n) is 4.45. The van der Waals surface area contributed by atoms with E-state index in [1.807, 2.05) is 0 Å². The van der Waals surface area contributed by atoms with Gasteiger partial charge in [-0.3, -0.25) is 0 Å². The van der Waals surface area contributed by atoms with Crippen molar-refractivity contribution in [3.8, 4) is 0 Å². The Morgan fingerprint density at radius 3 is 1.67 bits per heavy atom. The molecule has 2 nitrogen and oxygen atoms in total. The summed E-state index contributed by atoms with van der Waals surface area (Å²) in [4.78, 5) is 0. The Bertz CT molecular complexity index is 133. The molecule has 0 saturated carbocycles. The van der Waals surface area contributed by atoms with Crippen LogP contribution in [0.25, 0.3) is 0 Å². The van der Waals surface area contributed by atoms with Gasteiger partial charge in [-0.05, 0) is 25.7 Å². The molecule has 0 bridgehead atoms. The van der Waals surface area contributed by atoms with Gasteiger partial charge in [0.1, 0.15) is 0 Å². The van der Waals surface area contributed by atoms with Gasteiger partial charge in [-0.25, -0.2) is 10.0 Å². The highest BCUT2D eigenvalue weighted by Crippen LogP contribution is 2.38. The van der Waals surface area contributed by atoms with Crippen LogP contribution in [0.4, 0.5) is 0 Å². The van der Waals surface area contributed by atoms with E-state index in [0.29, 0.717) is 0 Å². The molecule has 2 unspecified atom stereocenters. The van der Waals surface area contributed by atoms with E-state index in [1.165, 1.54) is 51.6 Å². The monoisotopic (exact) mass is 166 g/mol. The van der Waals surface area contributed by atoms with Crippen molar-refractivity contribution in [2.45, 2.75) is 50.6 Å². The highest BCUT2D eigenvalue weighted by molar-refractivity contribution is 4.97. The normalized spacial score (nSPS) is 43.0. The molecule has 2 heteroatoms. The van der Waals surface area contributed by atoms with E-state index >= 15 is 0 Å². The standard InChI is InChI=1S/C10H18N2/c1-3-7-11-9(5-1)10-6-2-4-8-12(10)11/h9-10H,1-8H2. The number of hydrogen-bond acceptors (Lipinski definition) is 2. The van der Waals surface area contributed by atoms with E-state index in [0.717, 1.165) is 12.1 Å². The minimum absolute atomic E-state index is 0.957. The van der Waals surface area contributed by atoms with Crippen LogP contribution in [-0.2, 0) is 0 Å². The van der Waals surface area contributed by atoms with E-state index in [-0.39, 0.29) is 0 Å². The average molecular weight is 166 g/mol. The van der Waals surface area contributed by atoms with E-state index in [9.17, 15) is 0 Å². The maximum Gasteiger partial charge on any atom is 0.0415 e. The zero-order valence-corrected chi connectivity index (χ0v) is 7.71. The van der Waals surface area contributed by atoms with Crippen LogP contribution in [0.15, 0.2) is 0 Å². The highest BCUT2D eigenvalue weighted by atomic mass is 15.7. The first-order chi connectivity index (χ1) is 5.97. The predicted molar refractivity (Wildman–Crippen MR) is 48.7 cm³/mol. The molecule has 0 amide bonds. The van der Waals surface area contributed by atoms with Gasteiger partial charge in [0.25, 0.3) is 0 Å². The average Bonchev–Trinajstić information content (AvgIpc) is 2.14. The van der Waals surface area contributed by atoms with Crippen molar-refractivity contribution in [3.05, 3.63) is 0 Å². The Kier molecular flexibility index (Phi) is 1.66. The molecule has 0 aromatic rings. The number of hydrogen-bond donors (Lipinski definition) is 0. The lowest BCUT2D eigenvalue weighted by molar-refractivity contribution is -0.236. The molecular formula is C10H18N2. The minimum atomic E-state index is 0.957. The number of rotatable bonds is 0. The summed E-state index contributed by atoms with van der Waals surface area (Å²) in [6.45, 7) is 2.70. The summed E-state index contributed by atoms with van der Waals surface area (Å²) in [5.41, 5.74) is 0. The van der Waals surface area contributed by atoms with Gasteiger partial charge in [0.15, 0.2) is 0 Å². The second kappa shape index (κ2) is 2.71. The van der Waals surface area contributed by atoms with Crippen LogP contribution in [0.1, 0.15) is 38.5 Å². The zero-order valence-electron chi connectivity index (χ0n) is 7.71. The first-order valence-corrected chi connectivity index (χ1v) is 5.50. The SMILES string of the molecule is C1CCN2C(C1)C1CCCCN12. The smallest absolute Gasteiger partial charge is 0.0415 e. The summed E-state index contributed by atoms with van der Waals surface area (Å²) in [6.07, 6.45) is 8.76. The summed E-state index contributed by atoms with van der Waals surface area (Å²) in [7, 11) is 0. The Balaban J connectivity index is 1.73. The molecular weight excluding hydrogens is 148 g/mol. The van der Waals surface area contributed by atoms with Gasteiger partial charge in [-0.1, -0.05) is 12.8 Å². The predicted octanol–water partition coefficient (Wildman–Crippen LogP) is 1.62. The van der Waals surface area contributed by atoms with Crippen molar-refractivity contribution >= 4 is 0 Å². The van der Waals surface area contributed by atoms with Gasteiger partial charge in [0.2, 0.25) is 0 Å². The third-order valence-corrected chi connectivity index (χ3v) is 3.81. The van der Waals surface area contributed by atoms with Crippen molar-refractivity contribution in [2.75, 3.05) is 13.1 Å². The van der Waals surface area contributed by atoms with E-state index in [1.54, 1.807) is 0 Å². The number of hydrazine groups is 1. The Morgan fingerprint density at radius 2 is 1.17 bits per heavy atom. The quantitative estimate of drug-likeness (QED) is 0.539. The van der Waals surface area contributed by atoms with Crippen LogP contribution in [0.2, 0.25) is 0 Å². The summed E-state index contributed by atoms with van der Waals surface area (Å²) < 4.78 is 0. The van der Waals surface area contributed by atoms with Gasteiger partial charge in [0.05, 0.1) is 0 Å². The third-order valence-electron chi connectivity index (χ3n) is 3.81. The van der Waals surface area contributed by atoms with Gasteiger partial charge in [0, 0.05) is 25.2 Å². The zero-order chi connectivity index (χ0) is 7.97. The van der Waals surface area contributed by atoms with E-state index in [2.05, 4.69) is 10.0 Å². The van der Waals surface area contributed by atoms with Crippen LogP contribution in [0.5, 0.6) is 0 Å². The van der Waals surface area contributed by atoms with Gasteiger partial charge >= 0.3 is 0 Å². The molecule has 3 fully saturated rings. The third kappa shape index (κ3) is 0.882. The van der Waals surface area contributed by atoms with Gasteiger partial charge in [-0.15, -0.1) is 0 Å². The van der Waals surface area contributed by atoms with Crippen molar-refractivity contribution in [3.63, 3.8) is 0 Å². The van der Waals surface area contributed by atoms with Crippen molar-refractivity contribution in [1.82, 2.24) is 10.0 Å². The van der Waals surface area contributed by atoms with Crippen LogP contribution in [0, 0.1) is 0 Å². The fourth-order valence-electron chi connectivity index (χ4n) is 3.23. The van der Waals surface area contributed by atoms with Crippen LogP contribution >= 0.6 is 0 Å². The highest BCUT2D eigenvalue weighted by Gasteiger charge is 2.47. The molecule has 12 heavy (non-hydrogen) atoms. The molecule has 0 radical (unpaired) electrons. The lowest BCUT2D eigenvalue weighted by Gasteiger charge is -2.61. The molecule has 3 rings (SSSR count). The van der Waals surface area contributed by atoms with E-state index < -0.39 is 0 Å². The number of piperidine rings is 2. The van der Waals surface area contributed by atoms with Gasteiger partial charge < -0.3 is 0 Å². The maximum absolute atomic E-state index is 2.65. The number of nitrogens with zero attached hydrogens (tertiary/aromatic N) is 2. The Morgan fingerprint density at radius 1 is 0.667 bits per heavy atom. The van der Waals surface area contributed by atoms with Gasteiger partial charge in [-0.2, -0.15) is 0 Å². The molecule has 3 aliphatic rings. The second-order valence-corrected chi connectivity index (χ2v) is 4.45. The van der Waals surface area contributed by atoms with Crippen molar-refractivity contribution < 1.29 is 0 Å². The van der Waals surface area contributed by atoms with Crippen molar-refractivity contribution in [1.29, 1.82) is 0 Å². The molecule has 3 aliphatic heterocycles. The molecule has 3 saturated heterocycles. The molecule has 3 heterocycles. The van der Waals surface area contributed by atoms with E-state index in [4.69, 9.17) is 0 Å². The fourth-order valence-corrected chi connectivity index (χ4v) is 3.23. The van der Waals surface area contributed by atoms with Crippen LogP contribution < -0.4 is 0 Å². The number of fused-ring (bicyclic) bond motifs is 4. The van der Waals surface area contributed by atoms with Crippen molar-refractivity contribution in [2.24, 2.45) is 0 Å². The lowest BCUT2D eigenvalue weighted by atomic mass is 9.86. The first-order valence-electron chi connectivity index (χ1n) is 5.50. The Hall–Kier alpha value is -0.0800. The summed E-state index contributed by atoms with van der Waals surface area (Å²) in [5, 5.41) is 5.29. The molecule has 68 valence electrons. The van der Waals surface area contributed by atoms with Crippen LogP contribution in [-0.4, -0.2) is 35.2 Å². The summed E-state index contributed by atoms with van der Waals surface area (Å²) in [6, 6.07) is 1.91. The Labute approximate surface area is 74.5 Å². The minimum Gasteiger partial charge on any atom is -0.237 e. The summed E-state index contributed by atoms with van der Waals surface area (Å²) in [5.74, 6) is 0. The molecule has 0 aromatic carbocycles. The fraction of sp³-hybridized carbons (Fsp3) is 1.00.